The average Bonchev–Trinajstić information content (AvgIpc) is 2.44. The first kappa shape index (κ1) is 15.9. The van der Waals surface area contributed by atoms with Crippen LogP contribution in [0, 0.1) is 13.8 Å². The van der Waals surface area contributed by atoms with Crippen molar-refractivity contribution in [3.05, 3.63) is 63.1 Å². The van der Waals surface area contributed by atoms with E-state index < -0.39 is 0 Å². The molecule has 0 fully saturated rings. The number of hydrogen-bond acceptors (Lipinski definition) is 3. The molecule has 0 aliphatic rings. The number of thioether (sulfide) groups is 1. The molecular formula is C16H17BrN2OS. The first-order valence-corrected chi connectivity index (χ1v) is 8.25. The fraction of sp³-hybridized carbons (Fsp3) is 0.188. The summed E-state index contributed by atoms with van der Waals surface area (Å²) in [7, 11) is 0. The fourth-order valence-electron chi connectivity index (χ4n) is 2.15. The molecule has 0 saturated heterocycles. The van der Waals surface area contributed by atoms with Crippen LogP contribution >= 0.6 is 27.7 Å². The summed E-state index contributed by atoms with van der Waals surface area (Å²) < 4.78 is 0.945. The van der Waals surface area contributed by atoms with Crippen LogP contribution in [-0.4, -0.2) is 11.0 Å². The van der Waals surface area contributed by atoms with Gasteiger partial charge in [-0.3, -0.25) is 0 Å². The van der Waals surface area contributed by atoms with E-state index in [1.54, 1.807) is 11.8 Å². The van der Waals surface area contributed by atoms with Gasteiger partial charge in [-0.05, 0) is 53.5 Å². The van der Waals surface area contributed by atoms with E-state index in [0.29, 0.717) is 5.56 Å². The number of nitrogens with two attached hydrogens (primary N) is 1. The Morgan fingerprint density at radius 2 is 1.86 bits per heavy atom. The number of benzene rings is 2. The zero-order valence-corrected chi connectivity index (χ0v) is 14.3. The van der Waals surface area contributed by atoms with E-state index in [1.165, 1.54) is 16.7 Å². The number of aryl methyl sites for hydroxylation is 2. The highest BCUT2D eigenvalue weighted by Gasteiger charge is 2.06. The monoisotopic (exact) mass is 364 g/mol. The molecule has 0 atom stereocenters. The van der Waals surface area contributed by atoms with Crippen LogP contribution in [0.1, 0.15) is 22.3 Å². The topological polar surface area (TPSA) is 58.6 Å². The van der Waals surface area contributed by atoms with E-state index in [0.717, 1.165) is 15.1 Å². The first-order valence-electron chi connectivity index (χ1n) is 6.47. The second kappa shape index (κ2) is 7.00. The predicted molar refractivity (Wildman–Crippen MR) is 92.1 cm³/mol. The van der Waals surface area contributed by atoms with Crippen LogP contribution in [-0.2, 0) is 5.75 Å². The van der Waals surface area contributed by atoms with Crippen molar-refractivity contribution >= 4 is 33.5 Å². The normalized spacial score (nSPS) is 11.7. The van der Waals surface area contributed by atoms with Crippen LogP contribution in [0.5, 0.6) is 0 Å². The Labute approximate surface area is 137 Å². The molecule has 0 amide bonds. The van der Waals surface area contributed by atoms with Crippen LogP contribution in [0.15, 0.2) is 50.9 Å². The molecule has 110 valence electrons. The largest absolute Gasteiger partial charge is 0.409 e. The van der Waals surface area contributed by atoms with Crippen molar-refractivity contribution in [3.8, 4) is 0 Å². The summed E-state index contributed by atoms with van der Waals surface area (Å²) in [5.74, 6) is 1.02. The van der Waals surface area contributed by atoms with Crippen molar-refractivity contribution in [1.29, 1.82) is 0 Å². The second-order valence-electron chi connectivity index (χ2n) is 4.92. The lowest BCUT2D eigenvalue weighted by molar-refractivity contribution is 0.318. The van der Waals surface area contributed by atoms with Gasteiger partial charge < -0.3 is 10.9 Å². The summed E-state index contributed by atoms with van der Waals surface area (Å²) in [6, 6.07) is 12.3. The summed E-state index contributed by atoms with van der Waals surface area (Å²) in [6.45, 7) is 4.23. The van der Waals surface area contributed by atoms with Crippen molar-refractivity contribution in [1.82, 2.24) is 0 Å². The first-order chi connectivity index (χ1) is 9.99. The summed E-state index contributed by atoms with van der Waals surface area (Å²) >= 11 is 5.29. The molecule has 2 rings (SSSR count). The molecule has 0 aromatic heterocycles. The van der Waals surface area contributed by atoms with Gasteiger partial charge in [0.05, 0.1) is 0 Å². The molecule has 2 aromatic carbocycles. The highest BCUT2D eigenvalue weighted by molar-refractivity contribution is 9.10. The molecule has 0 saturated carbocycles. The van der Waals surface area contributed by atoms with Crippen molar-refractivity contribution < 1.29 is 5.21 Å². The van der Waals surface area contributed by atoms with Crippen molar-refractivity contribution in [3.63, 3.8) is 0 Å². The van der Waals surface area contributed by atoms with E-state index in [1.807, 2.05) is 18.2 Å². The van der Waals surface area contributed by atoms with Crippen LogP contribution < -0.4 is 5.73 Å². The van der Waals surface area contributed by atoms with Gasteiger partial charge in [-0.15, -0.1) is 11.8 Å². The lowest BCUT2D eigenvalue weighted by Crippen LogP contribution is -2.12. The van der Waals surface area contributed by atoms with Crippen LogP contribution in [0.4, 0.5) is 0 Å². The summed E-state index contributed by atoms with van der Waals surface area (Å²) in [4.78, 5) is 1.13. The third-order valence-corrected chi connectivity index (χ3v) is 5.07. The number of oxime groups is 1. The van der Waals surface area contributed by atoms with E-state index in [9.17, 15) is 0 Å². The van der Waals surface area contributed by atoms with E-state index in [-0.39, 0.29) is 5.84 Å². The van der Waals surface area contributed by atoms with E-state index >= 15 is 0 Å². The lowest BCUT2D eigenvalue weighted by atomic mass is 10.1. The Morgan fingerprint density at radius 3 is 2.43 bits per heavy atom. The van der Waals surface area contributed by atoms with Gasteiger partial charge >= 0.3 is 0 Å². The molecule has 0 aliphatic heterocycles. The van der Waals surface area contributed by atoms with Crippen LogP contribution in [0.3, 0.4) is 0 Å². The zero-order chi connectivity index (χ0) is 15.4. The standard InChI is InChI=1S/C16H17BrN2OS/c1-10-5-11(2)7-12(6-10)9-21-15-4-3-13(8-14(15)17)16(18)19-20/h3-8,20H,9H2,1-2H3,(H2,18,19). The SMILES string of the molecule is Cc1cc(C)cc(CSc2ccc(/C(N)=N/O)cc2Br)c1. The molecule has 0 bridgehead atoms. The third-order valence-electron chi connectivity index (χ3n) is 3.01. The Morgan fingerprint density at radius 1 is 1.19 bits per heavy atom. The van der Waals surface area contributed by atoms with Crippen LogP contribution in [0.25, 0.3) is 0 Å². The maximum atomic E-state index is 8.69. The number of nitrogens with zero attached hydrogens (tertiary/aromatic N) is 1. The minimum absolute atomic E-state index is 0.113. The van der Waals surface area contributed by atoms with Gasteiger partial charge in [0.25, 0.3) is 0 Å². The van der Waals surface area contributed by atoms with Crippen molar-refractivity contribution in [2.45, 2.75) is 24.5 Å². The Bertz CT molecular complexity index is 666. The molecule has 3 nitrogen and oxygen atoms in total. The number of hydrogen-bond donors (Lipinski definition) is 2. The molecule has 0 spiro atoms. The molecule has 0 aliphatic carbocycles. The number of halogens is 1. The van der Waals surface area contributed by atoms with Gasteiger partial charge in [0.15, 0.2) is 5.84 Å². The maximum absolute atomic E-state index is 8.69. The van der Waals surface area contributed by atoms with Gasteiger partial charge in [-0.25, -0.2) is 0 Å². The predicted octanol–water partition coefficient (Wildman–Crippen LogP) is 4.45. The van der Waals surface area contributed by atoms with Crippen molar-refractivity contribution in [2.75, 3.05) is 0 Å². The van der Waals surface area contributed by atoms with Gasteiger partial charge in [-0.2, -0.15) is 0 Å². The molecule has 5 heteroatoms. The summed E-state index contributed by atoms with van der Waals surface area (Å²) in [5, 5.41) is 11.7. The highest BCUT2D eigenvalue weighted by Crippen LogP contribution is 2.31. The summed E-state index contributed by atoms with van der Waals surface area (Å²) in [6.07, 6.45) is 0. The average molecular weight is 365 g/mol. The second-order valence-corrected chi connectivity index (χ2v) is 6.79. The fourth-order valence-corrected chi connectivity index (χ4v) is 3.72. The van der Waals surface area contributed by atoms with Crippen molar-refractivity contribution in [2.24, 2.45) is 10.9 Å². The quantitative estimate of drug-likeness (QED) is 0.277. The van der Waals surface area contributed by atoms with Crippen LogP contribution in [0.2, 0.25) is 0 Å². The minimum atomic E-state index is 0.113. The molecule has 21 heavy (non-hydrogen) atoms. The third kappa shape index (κ3) is 4.25. The molecule has 0 unspecified atom stereocenters. The Balaban J connectivity index is 2.13. The maximum Gasteiger partial charge on any atom is 0.170 e. The van der Waals surface area contributed by atoms with E-state index in [4.69, 9.17) is 10.9 Å². The zero-order valence-electron chi connectivity index (χ0n) is 11.9. The molecule has 0 radical (unpaired) electrons. The molecule has 0 heterocycles. The molecular weight excluding hydrogens is 348 g/mol. The van der Waals surface area contributed by atoms with Gasteiger partial charge in [0.1, 0.15) is 0 Å². The highest BCUT2D eigenvalue weighted by atomic mass is 79.9. The lowest BCUT2D eigenvalue weighted by Gasteiger charge is -2.08. The number of rotatable bonds is 4. The number of amidine groups is 1. The van der Waals surface area contributed by atoms with Gasteiger partial charge in [-0.1, -0.05) is 34.5 Å². The Hall–Kier alpha value is -1.46. The smallest absolute Gasteiger partial charge is 0.170 e. The van der Waals surface area contributed by atoms with E-state index in [2.05, 4.69) is 53.1 Å². The molecule has 2 aromatic rings. The van der Waals surface area contributed by atoms with Gasteiger partial charge in [0, 0.05) is 20.7 Å². The summed E-state index contributed by atoms with van der Waals surface area (Å²) in [5.41, 5.74) is 10.2. The van der Waals surface area contributed by atoms with Gasteiger partial charge in [0.2, 0.25) is 0 Å². The Kier molecular flexibility index (Phi) is 5.31. The minimum Gasteiger partial charge on any atom is -0.409 e. The molecule has 3 N–H and O–H groups in total.